The normalized spacial score (nSPS) is 15.2. The SMILES string of the molecule is Cc1c(CNC2CC2)cnn1Cc1ccn(C)n1. The van der Waals surface area contributed by atoms with Crippen LogP contribution in [0.4, 0.5) is 0 Å². The van der Waals surface area contributed by atoms with Crippen LogP contribution in [-0.2, 0) is 20.1 Å². The summed E-state index contributed by atoms with van der Waals surface area (Å²) in [7, 11) is 1.93. The van der Waals surface area contributed by atoms with E-state index in [-0.39, 0.29) is 0 Å². The van der Waals surface area contributed by atoms with Gasteiger partial charge in [0.15, 0.2) is 0 Å². The Hall–Kier alpha value is -1.62. The smallest absolute Gasteiger partial charge is 0.0852 e. The Morgan fingerprint density at radius 3 is 2.94 bits per heavy atom. The van der Waals surface area contributed by atoms with Crippen LogP contribution in [0, 0.1) is 6.92 Å². The molecule has 0 unspecified atom stereocenters. The van der Waals surface area contributed by atoms with Crippen LogP contribution in [0.15, 0.2) is 18.5 Å². The second-order valence-corrected chi connectivity index (χ2v) is 5.05. The predicted molar refractivity (Wildman–Crippen MR) is 69.1 cm³/mol. The zero-order valence-electron chi connectivity index (χ0n) is 10.9. The molecule has 2 aromatic heterocycles. The third-order valence-electron chi connectivity index (χ3n) is 3.44. The van der Waals surface area contributed by atoms with E-state index in [0.29, 0.717) is 0 Å². The van der Waals surface area contributed by atoms with Crippen LogP contribution in [0.25, 0.3) is 0 Å². The summed E-state index contributed by atoms with van der Waals surface area (Å²) in [6.07, 6.45) is 6.57. The van der Waals surface area contributed by atoms with Gasteiger partial charge in [-0.15, -0.1) is 0 Å². The first-order chi connectivity index (χ1) is 8.72. The van der Waals surface area contributed by atoms with E-state index < -0.39 is 0 Å². The highest BCUT2D eigenvalue weighted by molar-refractivity contribution is 5.17. The molecular weight excluding hydrogens is 226 g/mol. The third-order valence-corrected chi connectivity index (χ3v) is 3.44. The van der Waals surface area contributed by atoms with Gasteiger partial charge in [-0.25, -0.2) is 0 Å². The molecule has 0 saturated heterocycles. The molecule has 1 N–H and O–H groups in total. The predicted octanol–water partition coefficient (Wildman–Crippen LogP) is 1.23. The summed E-state index contributed by atoms with van der Waals surface area (Å²) in [5, 5.41) is 12.3. The van der Waals surface area contributed by atoms with Crippen molar-refractivity contribution in [3.63, 3.8) is 0 Å². The summed E-state index contributed by atoms with van der Waals surface area (Å²) in [5.41, 5.74) is 3.57. The molecule has 5 nitrogen and oxygen atoms in total. The van der Waals surface area contributed by atoms with E-state index in [1.54, 1.807) is 0 Å². The first kappa shape index (κ1) is 11.5. The second-order valence-electron chi connectivity index (χ2n) is 5.05. The topological polar surface area (TPSA) is 47.7 Å². The van der Waals surface area contributed by atoms with E-state index in [2.05, 4.69) is 22.4 Å². The first-order valence-electron chi connectivity index (χ1n) is 6.45. The van der Waals surface area contributed by atoms with Gasteiger partial charge in [-0.2, -0.15) is 10.2 Å². The highest BCUT2D eigenvalue weighted by Crippen LogP contribution is 2.20. The summed E-state index contributed by atoms with van der Waals surface area (Å²) in [6.45, 7) is 3.80. The molecule has 5 heteroatoms. The number of hydrogen-bond acceptors (Lipinski definition) is 3. The number of rotatable bonds is 5. The van der Waals surface area contributed by atoms with Gasteiger partial charge >= 0.3 is 0 Å². The molecule has 0 spiro atoms. The minimum absolute atomic E-state index is 0.739. The molecule has 1 aliphatic rings. The second kappa shape index (κ2) is 4.57. The standard InChI is InChI=1S/C13H19N5/c1-10-11(7-14-12-3-4-12)8-15-18(10)9-13-5-6-17(2)16-13/h5-6,8,12,14H,3-4,7,9H2,1-2H3. The van der Waals surface area contributed by atoms with Gasteiger partial charge in [0.25, 0.3) is 0 Å². The fraction of sp³-hybridized carbons (Fsp3) is 0.538. The number of aryl methyl sites for hydroxylation is 1. The molecule has 3 rings (SSSR count). The lowest BCUT2D eigenvalue weighted by Crippen LogP contribution is -2.16. The van der Waals surface area contributed by atoms with Crippen LogP contribution in [0.1, 0.15) is 29.8 Å². The van der Waals surface area contributed by atoms with Crippen molar-refractivity contribution in [3.8, 4) is 0 Å². The highest BCUT2D eigenvalue weighted by Gasteiger charge is 2.20. The summed E-state index contributed by atoms with van der Waals surface area (Å²) >= 11 is 0. The Morgan fingerprint density at radius 1 is 1.44 bits per heavy atom. The van der Waals surface area contributed by atoms with Crippen molar-refractivity contribution in [2.45, 2.75) is 38.9 Å². The van der Waals surface area contributed by atoms with Crippen LogP contribution >= 0.6 is 0 Å². The zero-order chi connectivity index (χ0) is 12.5. The van der Waals surface area contributed by atoms with Crippen molar-refractivity contribution in [1.29, 1.82) is 0 Å². The minimum atomic E-state index is 0.739. The molecule has 0 amide bonds. The number of nitrogens with zero attached hydrogens (tertiary/aromatic N) is 4. The molecule has 1 aliphatic carbocycles. The van der Waals surface area contributed by atoms with Crippen LogP contribution in [0.5, 0.6) is 0 Å². The maximum atomic E-state index is 4.45. The molecule has 96 valence electrons. The molecule has 0 aromatic carbocycles. The molecule has 2 aromatic rings. The van der Waals surface area contributed by atoms with Crippen molar-refractivity contribution < 1.29 is 0 Å². The fourth-order valence-electron chi connectivity index (χ4n) is 2.06. The van der Waals surface area contributed by atoms with E-state index in [1.165, 1.54) is 24.1 Å². The Morgan fingerprint density at radius 2 is 2.28 bits per heavy atom. The number of hydrogen-bond donors (Lipinski definition) is 1. The Kier molecular flexibility index (Phi) is 2.91. The minimum Gasteiger partial charge on any atom is -0.310 e. The van der Waals surface area contributed by atoms with Crippen molar-refractivity contribution in [3.05, 3.63) is 35.4 Å². The third kappa shape index (κ3) is 2.46. The van der Waals surface area contributed by atoms with E-state index in [4.69, 9.17) is 0 Å². The Bertz CT molecular complexity index is 535. The van der Waals surface area contributed by atoms with Crippen LogP contribution in [0.2, 0.25) is 0 Å². The molecule has 1 fully saturated rings. The van der Waals surface area contributed by atoms with Gasteiger partial charge in [-0.05, 0) is 25.8 Å². The summed E-state index contributed by atoms with van der Waals surface area (Å²) in [4.78, 5) is 0. The van der Waals surface area contributed by atoms with Gasteiger partial charge in [-0.3, -0.25) is 9.36 Å². The summed E-state index contributed by atoms with van der Waals surface area (Å²) < 4.78 is 3.84. The average molecular weight is 245 g/mol. The van der Waals surface area contributed by atoms with Gasteiger partial charge in [0.05, 0.1) is 18.4 Å². The lowest BCUT2D eigenvalue weighted by Gasteiger charge is -2.04. The van der Waals surface area contributed by atoms with Crippen molar-refractivity contribution in [2.24, 2.45) is 7.05 Å². The fourth-order valence-corrected chi connectivity index (χ4v) is 2.06. The van der Waals surface area contributed by atoms with Crippen LogP contribution in [0.3, 0.4) is 0 Å². The van der Waals surface area contributed by atoms with Crippen LogP contribution in [-0.4, -0.2) is 25.6 Å². The molecule has 0 bridgehead atoms. The number of aromatic nitrogens is 4. The van der Waals surface area contributed by atoms with E-state index >= 15 is 0 Å². The molecule has 18 heavy (non-hydrogen) atoms. The largest absolute Gasteiger partial charge is 0.310 e. The Labute approximate surface area is 107 Å². The summed E-state index contributed by atoms with van der Waals surface area (Å²) in [5.74, 6) is 0. The lowest BCUT2D eigenvalue weighted by atomic mass is 10.2. The maximum Gasteiger partial charge on any atom is 0.0852 e. The van der Waals surface area contributed by atoms with Crippen LogP contribution < -0.4 is 5.32 Å². The monoisotopic (exact) mass is 245 g/mol. The average Bonchev–Trinajstić information content (AvgIpc) is 3.01. The quantitative estimate of drug-likeness (QED) is 0.861. The molecule has 0 aliphatic heterocycles. The van der Waals surface area contributed by atoms with Gasteiger partial charge in [0.1, 0.15) is 0 Å². The van der Waals surface area contributed by atoms with Gasteiger partial charge in [0, 0.05) is 37.1 Å². The van der Waals surface area contributed by atoms with E-state index in [9.17, 15) is 0 Å². The molecule has 0 atom stereocenters. The zero-order valence-corrected chi connectivity index (χ0v) is 10.9. The summed E-state index contributed by atoms with van der Waals surface area (Å²) in [6, 6.07) is 2.77. The first-order valence-corrected chi connectivity index (χ1v) is 6.45. The number of nitrogens with one attached hydrogen (secondary N) is 1. The van der Waals surface area contributed by atoms with Crippen molar-refractivity contribution in [2.75, 3.05) is 0 Å². The van der Waals surface area contributed by atoms with Crippen molar-refractivity contribution >= 4 is 0 Å². The highest BCUT2D eigenvalue weighted by atomic mass is 15.3. The van der Waals surface area contributed by atoms with E-state index in [1.807, 2.05) is 34.9 Å². The lowest BCUT2D eigenvalue weighted by molar-refractivity contribution is 0.630. The van der Waals surface area contributed by atoms with E-state index in [0.717, 1.165) is 24.8 Å². The van der Waals surface area contributed by atoms with Gasteiger partial charge < -0.3 is 5.32 Å². The molecule has 1 saturated carbocycles. The van der Waals surface area contributed by atoms with Gasteiger partial charge in [0.2, 0.25) is 0 Å². The molecule has 0 radical (unpaired) electrons. The van der Waals surface area contributed by atoms with Gasteiger partial charge in [-0.1, -0.05) is 0 Å². The molecule has 2 heterocycles. The van der Waals surface area contributed by atoms with Crippen molar-refractivity contribution in [1.82, 2.24) is 24.9 Å². The maximum absolute atomic E-state index is 4.45. The Balaban J connectivity index is 1.68. The molecular formula is C13H19N5.